The molecule has 0 saturated carbocycles. The number of aromatic amines is 1. The molecule has 1 fully saturated rings. The molecule has 0 amide bonds. The van der Waals surface area contributed by atoms with E-state index in [0.717, 1.165) is 31.6 Å². The van der Waals surface area contributed by atoms with Gasteiger partial charge in [-0.1, -0.05) is 0 Å². The topological polar surface area (TPSA) is 89.6 Å². The van der Waals surface area contributed by atoms with E-state index in [0.29, 0.717) is 39.8 Å². The molecule has 35 heavy (non-hydrogen) atoms. The Morgan fingerprint density at radius 1 is 1.11 bits per heavy atom. The number of nitrogens with zero attached hydrogens (tertiary/aromatic N) is 3. The van der Waals surface area contributed by atoms with Crippen LogP contribution in [0, 0.1) is 12.7 Å². The first-order valence-electron chi connectivity index (χ1n) is 11.6. The van der Waals surface area contributed by atoms with E-state index in [2.05, 4.69) is 19.9 Å². The maximum atomic E-state index is 15.1. The van der Waals surface area contributed by atoms with Crippen molar-refractivity contribution in [3.8, 4) is 23.1 Å². The van der Waals surface area contributed by atoms with Crippen molar-refractivity contribution >= 4 is 27.6 Å². The van der Waals surface area contributed by atoms with Crippen molar-refractivity contribution in [2.24, 2.45) is 0 Å². The van der Waals surface area contributed by atoms with Gasteiger partial charge < -0.3 is 19.2 Å². The van der Waals surface area contributed by atoms with Gasteiger partial charge in [-0.05, 0) is 51.0 Å². The number of aromatic nitrogens is 3. The molecule has 1 saturated heterocycles. The summed E-state index contributed by atoms with van der Waals surface area (Å²) in [5.74, 6) is 1.10. The zero-order chi connectivity index (χ0) is 24.5. The molecule has 4 aromatic rings. The number of H-pyrrole nitrogens is 1. The highest BCUT2D eigenvalue weighted by molar-refractivity contribution is 5.87. The Bertz CT molecular complexity index is 1400. The fourth-order valence-corrected chi connectivity index (χ4v) is 4.52. The van der Waals surface area contributed by atoms with Crippen LogP contribution in [-0.4, -0.2) is 58.5 Å². The van der Waals surface area contributed by atoms with Crippen LogP contribution in [0.15, 0.2) is 36.7 Å². The molecule has 1 aliphatic heterocycles. The van der Waals surface area contributed by atoms with Crippen molar-refractivity contribution < 1.29 is 23.4 Å². The lowest BCUT2D eigenvalue weighted by Crippen LogP contribution is -2.40. The molecule has 0 aliphatic carbocycles. The van der Waals surface area contributed by atoms with Crippen molar-refractivity contribution in [2.75, 3.05) is 26.7 Å². The second kappa shape index (κ2) is 9.50. The third-order valence-corrected chi connectivity index (χ3v) is 6.20. The van der Waals surface area contributed by atoms with Crippen molar-refractivity contribution in [1.29, 1.82) is 0 Å². The second-order valence-corrected chi connectivity index (χ2v) is 8.89. The highest BCUT2D eigenvalue weighted by Gasteiger charge is 2.23. The van der Waals surface area contributed by atoms with Crippen LogP contribution in [0.1, 0.15) is 25.5 Å². The number of piperidine rings is 1. The SMILES string of the molecule is COc1cc2c(Oc3ccc4[nH]c(C)cc4c3F)ncnc2cc1OC1CCN(CC(C)=O)CC1. The van der Waals surface area contributed by atoms with Crippen LogP contribution >= 0.6 is 0 Å². The number of carbonyl (C=O) groups is 1. The smallest absolute Gasteiger partial charge is 0.230 e. The number of methoxy groups -OCH3 is 1. The third-order valence-electron chi connectivity index (χ3n) is 6.20. The molecule has 1 aliphatic rings. The number of ketones is 1. The predicted molar refractivity (Wildman–Crippen MR) is 130 cm³/mol. The number of halogens is 1. The van der Waals surface area contributed by atoms with Crippen molar-refractivity contribution in [1.82, 2.24) is 19.9 Å². The van der Waals surface area contributed by atoms with Gasteiger partial charge in [0.25, 0.3) is 0 Å². The number of nitrogens with one attached hydrogen (secondary N) is 1. The Balaban J connectivity index is 1.40. The zero-order valence-corrected chi connectivity index (χ0v) is 19.9. The quantitative estimate of drug-likeness (QED) is 0.408. The Kier molecular flexibility index (Phi) is 6.25. The Labute approximate surface area is 202 Å². The van der Waals surface area contributed by atoms with Gasteiger partial charge in [-0.15, -0.1) is 0 Å². The fourth-order valence-electron chi connectivity index (χ4n) is 4.52. The summed E-state index contributed by atoms with van der Waals surface area (Å²) in [4.78, 5) is 25.2. The lowest BCUT2D eigenvalue weighted by molar-refractivity contribution is -0.118. The normalized spacial score (nSPS) is 15.0. The molecule has 0 bridgehead atoms. The van der Waals surface area contributed by atoms with Crippen molar-refractivity contribution in [3.63, 3.8) is 0 Å². The number of rotatable bonds is 7. The molecule has 0 atom stereocenters. The Morgan fingerprint density at radius 3 is 2.66 bits per heavy atom. The molecule has 2 aromatic carbocycles. The molecule has 0 unspecified atom stereocenters. The Hall–Kier alpha value is -3.72. The van der Waals surface area contributed by atoms with Crippen LogP contribution in [0.3, 0.4) is 0 Å². The minimum absolute atomic E-state index is 0.00717. The predicted octanol–water partition coefficient (Wildman–Crippen LogP) is 4.79. The van der Waals surface area contributed by atoms with E-state index in [1.165, 1.54) is 6.33 Å². The van der Waals surface area contributed by atoms with Gasteiger partial charge in [0.05, 0.1) is 24.6 Å². The molecule has 1 N–H and O–H groups in total. The minimum Gasteiger partial charge on any atom is -0.493 e. The fraction of sp³-hybridized carbons (Fsp3) is 0.346. The molecule has 5 rings (SSSR count). The summed E-state index contributed by atoms with van der Waals surface area (Å²) in [6.45, 7) is 5.56. The lowest BCUT2D eigenvalue weighted by atomic mass is 10.1. The maximum absolute atomic E-state index is 15.1. The molecule has 2 aromatic heterocycles. The number of ether oxygens (including phenoxy) is 3. The van der Waals surface area contributed by atoms with Crippen LogP contribution in [0.2, 0.25) is 0 Å². The summed E-state index contributed by atoms with van der Waals surface area (Å²) >= 11 is 0. The van der Waals surface area contributed by atoms with Gasteiger partial charge in [-0.2, -0.15) is 0 Å². The van der Waals surface area contributed by atoms with E-state index >= 15 is 4.39 Å². The highest BCUT2D eigenvalue weighted by Crippen LogP contribution is 2.38. The average molecular weight is 479 g/mol. The third kappa shape index (κ3) is 4.77. The summed E-state index contributed by atoms with van der Waals surface area (Å²) in [6, 6.07) is 8.64. The van der Waals surface area contributed by atoms with Crippen molar-refractivity contribution in [3.05, 3.63) is 48.2 Å². The van der Waals surface area contributed by atoms with Crippen LogP contribution in [0.5, 0.6) is 23.1 Å². The molecular weight excluding hydrogens is 451 g/mol. The summed E-state index contributed by atoms with van der Waals surface area (Å²) in [5.41, 5.74) is 2.17. The number of fused-ring (bicyclic) bond motifs is 2. The van der Waals surface area contributed by atoms with Crippen LogP contribution in [0.25, 0.3) is 21.8 Å². The first-order valence-corrected chi connectivity index (χ1v) is 11.6. The number of likely N-dealkylation sites (tertiary alicyclic amines) is 1. The molecule has 0 spiro atoms. The number of hydrogen-bond acceptors (Lipinski definition) is 7. The molecule has 182 valence electrons. The number of Topliss-reactive ketones (excluding diaryl/α,β-unsaturated/α-hetero) is 1. The van der Waals surface area contributed by atoms with E-state index < -0.39 is 5.82 Å². The number of hydrogen-bond donors (Lipinski definition) is 1. The largest absolute Gasteiger partial charge is 0.493 e. The molecule has 3 heterocycles. The standard InChI is InChI=1S/C26H27FN4O4/c1-15-10-18-20(30-15)4-5-22(25(18)27)35-26-19-11-23(33-3)24(12-21(19)28-14-29-26)34-17-6-8-31(9-7-17)13-16(2)32/h4-5,10-12,14,17,30H,6-9,13H2,1-3H3. The summed E-state index contributed by atoms with van der Waals surface area (Å²) in [5, 5.41) is 1.04. The van der Waals surface area contributed by atoms with Gasteiger partial charge in [-0.3, -0.25) is 9.69 Å². The second-order valence-electron chi connectivity index (χ2n) is 8.89. The molecular formula is C26H27FN4O4. The van der Waals surface area contributed by atoms with E-state index in [1.54, 1.807) is 44.4 Å². The molecule has 9 heteroatoms. The maximum Gasteiger partial charge on any atom is 0.230 e. The van der Waals surface area contributed by atoms with Gasteiger partial charge in [0, 0.05) is 35.8 Å². The summed E-state index contributed by atoms with van der Waals surface area (Å²) < 4.78 is 32.8. The average Bonchev–Trinajstić information content (AvgIpc) is 3.23. The first-order chi connectivity index (χ1) is 16.9. The van der Waals surface area contributed by atoms with Crippen LogP contribution < -0.4 is 14.2 Å². The molecule has 8 nitrogen and oxygen atoms in total. The van der Waals surface area contributed by atoms with E-state index in [4.69, 9.17) is 14.2 Å². The van der Waals surface area contributed by atoms with Crippen molar-refractivity contribution in [2.45, 2.75) is 32.8 Å². The highest BCUT2D eigenvalue weighted by atomic mass is 19.1. The van der Waals surface area contributed by atoms with Crippen LogP contribution in [-0.2, 0) is 4.79 Å². The van der Waals surface area contributed by atoms with Crippen LogP contribution in [0.4, 0.5) is 4.39 Å². The summed E-state index contributed by atoms with van der Waals surface area (Å²) in [6.07, 6.45) is 3.01. The first kappa shape index (κ1) is 23.0. The van der Waals surface area contributed by atoms with Gasteiger partial charge in [0.1, 0.15) is 18.2 Å². The monoisotopic (exact) mass is 478 g/mol. The van der Waals surface area contributed by atoms with E-state index in [1.807, 2.05) is 6.92 Å². The van der Waals surface area contributed by atoms with E-state index in [-0.39, 0.29) is 23.5 Å². The van der Waals surface area contributed by atoms with Gasteiger partial charge in [0.2, 0.25) is 5.88 Å². The minimum atomic E-state index is -0.457. The number of aryl methyl sites for hydroxylation is 1. The molecule has 0 radical (unpaired) electrons. The zero-order valence-electron chi connectivity index (χ0n) is 19.9. The number of benzene rings is 2. The van der Waals surface area contributed by atoms with Gasteiger partial charge >= 0.3 is 0 Å². The van der Waals surface area contributed by atoms with E-state index in [9.17, 15) is 4.79 Å². The van der Waals surface area contributed by atoms with Gasteiger partial charge in [0.15, 0.2) is 23.1 Å². The Morgan fingerprint density at radius 2 is 1.91 bits per heavy atom. The van der Waals surface area contributed by atoms with Gasteiger partial charge in [-0.25, -0.2) is 14.4 Å². The summed E-state index contributed by atoms with van der Waals surface area (Å²) in [7, 11) is 1.57. The number of carbonyl (C=O) groups excluding carboxylic acids is 1. The lowest BCUT2D eigenvalue weighted by Gasteiger charge is -2.31.